The summed E-state index contributed by atoms with van der Waals surface area (Å²) < 4.78 is 4.95. The van der Waals surface area contributed by atoms with E-state index in [0.717, 1.165) is 30.5 Å². The summed E-state index contributed by atoms with van der Waals surface area (Å²) >= 11 is 0. The molecule has 0 bridgehead atoms. The Morgan fingerprint density at radius 2 is 1.92 bits per heavy atom. The van der Waals surface area contributed by atoms with Crippen LogP contribution in [0.15, 0.2) is 11.3 Å². The van der Waals surface area contributed by atoms with Crippen molar-refractivity contribution in [2.24, 2.45) is 5.73 Å². The second-order valence-corrected chi connectivity index (χ2v) is 6.83. The van der Waals surface area contributed by atoms with Crippen molar-refractivity contribution in [3.05, 3.63) is 11.3 Å². The monoisotopic (exact) mass is 339 g/mol. The maximum atomic E-state index is 11.6. The first-order valence-electron chi connectivity index (χ1n) is 8.53. The van der Waals surface area contributed by atoms with Crippen LogP contribution < -0.4 is 5.73 Å². The fourth-order valence-electron chi connectivity index (χ4n) is 2.43. The predicted molar refractivity (Wildman–Crippen MR) is 96.8 cm³/mol. The molecule has 6 nitrogen and oxygen atoms in total. The molecule has 1 aliphatic carbocycles. The third-order valence-corrected chi connectivity index (χ3v) is 3.68. The average Bonchev–Trinajstić information content (AvgIpc) is 2.52. The predicted octanol–water partition coefficient (Wildman–Crippen LogP) is 3.01. The Hall–Kier alpha value is -1.85. The average molecular weight is 339 g/mol. The molecule has 0 fully saturated rings. The highest BCUT2D eigenvalue weighted by atomic mass is 16.6. The Morgan fingerprint density at radius 3 is 2.29 bits per heavy atom. The van der Waals surface area contributed by atoms with Gasteiger partial charge in [0.1, 0.15) is 5.60 Å². The molecule has 0 aliphatic heterocycles. The maximum absolute atomic E-state index is 11.6. The van der Waals surface area contributed by atoms with Crippen molar-refractivity contribution in [3.63, 3.8) is 0 Å². The molecular formula is C18H33N3O3. The van der Waals surface area contributed by atoms with Crippen LogP contribution in [0.25, 0.3) is 0 Å². The van der Waals surface area contributed by atoms with E-state index in [2.05, 4.69) is 0 Å². The number of ether oxygens (including phenoxy) is 1. The third kappa shape index (κ3) is 7.62. The summed E-state index contributed by atoms with van der Waals surface area (Å²) in [6, 6.07) is 0.00343. The van der Waals surface area contributed by atoms with Gasteiger partial charge < -0.3 is 20.8 Å². The van der Waals surface area contributed by atoms with E-state index in [9.17, 15) is 9.59 Å². The molecule has 24 heavy (non-hydrogen) atoms. The number of nitrogens with one attached hydrogen (secondary N) is 1. The van der Waals surface area contributed by atoms with Crippen molar-refractivity contribution >= 4 is 18.1 Å². The molecule has 1 amide bonds. The van der Waals surface area contributed by atoms with Crippen LogP contribution in [0.3, 0.4) is 0 Å². The minimum atomic E-state index is -0.326. The van der Waals surface area contributed by atoms with Gasteiger partial charge in [-0.3, -0.25) is 9.59 Å². The molecule has 138 valence electrons. The van der Waals surface area contributed by atoms with Gasteiger partial charge in [-0.1, -0.05) is 13.8 Å². The van der Waals surface area contributed by atoms with Gasteiger partial charge in [-0.05, 0) is 40.0 Å². The molecule has 1 unspecified atom stereocenters. The number of hydrogen-bond acceptors (Lipinski definition) is 5. The summed E-state index contributed by atoms with van der Waals surface area (Å²) in [5.41, 5.74) is 7.10. The Bertz CT molecular complexity index is 478. The van der Waals surface area contributed by atoms with Crippen molar-refractivity contribution in [2.45, 2.75) is 78.4 Å². The van der Waals surface area contributed by atoms with Gasteiger partial charge in [0, 0.05) is 37.4 Å². The zero-order valence-electron chi connectivity index (χ0n) is 15.9. The number of esters is 1. The number of rotatable bonds is 4. The first-order chi connectivity index (χ1) is 11.1. The van der Waals surface area contributed by atoms with Gasteiger partial charge in [-0.25, -0.2) is 0 Å². The number of nitrogens with two attached hydrogens (primary N) is 1. The minimum absolute atomic E-state index is 0.00343. The molecule has 0 aromatic rings. The highest BCUT2D eigenvalue weighted by Gasteiger charge is 2.26. The summed E-state index contributed by atoms with van der Waals surface area (Å²) in [5.74, 6) is -0.0310. The first-order valence-corrected chi connectivity index (χ1v) is 8.53. The van der Waals surface area contributed by atoms with Gasteiger partial charge in [0.15, 0.2) is 0 Å². The van der Waals surface area contributed by atoms with E-state index in [0.29, 0.717) is 12.8 Å². The standard InChI is InChI=1S/C11H19N3O.C7H14O2/c1-3-11(15)14(2)10-6-4-5-9(13)8(10)7-12;1-5-6(8)9-7(2,3)4/h7,10,12H,3-6,13H2,1-2H3;5H2,1-4H3. The lowest BCUT2D eigenvalue weighted by Crippen LogP contribution is -2.40. The highest BCUT2D eigenvalue weighted by molar-refractivity contribution is 5.82. The maximum Gasteiger partial charge on any atom is 0.306 e. The Morgan fingerprint density at radius 1 is 1.33 bits per heavy atom. The van der Waals surface area contributed by atoms with Gasteiger partial charge in [-0.2, -0.15) is 0 Å². The van der Waals surface area contributed by atoms with E-state index < -0.39 is 0 Å². The summed E-state index contributed by atoms with van der Waals surface area (Å²) in [6.07, 6.45) is 4.99. The second-order valence-electron chi connectivity index (χ2n) is 6.83. The third-order valence-electron chi connectivity index (χ3n) is 3.68. The van der Waals surface area contributed by atoms with Crippen molar-refractivity contribution in [3.8, 4) is 0 Å². The van der Waals surface area contributed by atoms with Crippen molar-refractivity contribution in [1.82, 2.24) is 4.90 Å². The quantitative estimate of drug-likeness (QED) is 0.608. The van der Waals surface area contributed by atoms with Gasteiger partial charge in [0.2, 0.25) is 5.91 Å². The van der Waals surface area contributed by atoms with Crippen LogP contribution >= 0.6 is 0 Å². The van der Waals surface area contributed by atoms with E-state index in [1.807, 2.05) is 27.7 Å². The fourth-order valence-corrected chi connectivity index (χ4v) is 2.43. The van der Waals surface area contributed by atoms with Gasteiger partial charge in [0.05, 0.1) is 6.04 Å². The lowest BCUT2D eigenvalue weighted by molar-refractivity contribution is -0.154. The van der Waals surface area contributed by atoms with Gasteiger partial charge in [0.25, 0.3) is 0 Å². The largest absolute Gasteiger partial charge is 0.460 e. The van der Waals surface area contributed by atoms with Crippen LogP contribution in [-0.2, 0) is 14.3 Å². The summed E-state index contributed by atoms with van der Waals surface area (Å²) in [5, 5.41) is 7.35. The van der Waals surface area contributed by atoms with Gasteiger partial charge in [-0.15, -0.1) is 0 Å². The number of likely N-dealkylation sites (N-methyl/N-ethyl adjacent to an activating group) is 1. The Labute approximate surface area is 145 Å². The molecule has 0 saturated heterocycles. The Balaban J connectivity index is 0.000000506. The molecule has 1 aliphatic rings. The smallest absolute Gasteiger partial charge is 0.306 e. The van der Waals surface area contributed by atoms with Crippen LogP contribution in [0, 0.1) is 5.41 Å². The molecule has 1 rings (SSSR count). The molecule has 0 heterocycles. The Kier molecular flexibility index (Phi) is 9.33. The summed E-state index contributed by atoms with van der Waals surface area (Å²) in [7, 11) is 1.79. The number of hydrogen-bond donors (Lipinski definition) is 2. The summed E-state index contributed by atoms with van der Waals surface area (Å²) in [6.45, 7) is 9.22. The van der Waals surface area contributed by atoms with Crippen LogP contribution in [0.4, 0.5) is 0 Å². The topological polar surface area (TPSA) is 96.5 Å². The van der Waals surface area contributed by atoms with E-state index in [1.54, 1.807) is 18.9 Å². The lowest BCUT2D eigenvalue weighted by atomic mass is 9.91. The first kappa shape index (κ1) is 22.1. The van der Waals surface area contributed by atoms with Gasteiger partial charge >= 0.3 is 5.97 Å². The molecule has 0 aromatic carbocycles. The number of carbonyl (C=O) groups is 2. The van der Waals surface area contributed by atoms with Crippen molar-refractivity contribution in [1.29, 1.82) is 5.41 Å². The number of allylic oxidation sites excluding steroid dienone is 1. The molecular weight excluding hydrogens is 306 g/mol. The molecule has 6 heteroatoms. The van der Waals surface area contributed by atoms with E-state index in [4.69, 9.17) is 15.9 Å². The zero-order chi connectivity index (χ0) is 18.9. The minimum Gasteiger partial charge on any atom is -0.460 e. The van der Waals surface area contributed by atoms with E-state index >= 15 is 0 Å². The SMILES string of the molecule is CCC(=O)N(C)C1CCCC(N)=C1C=N.CCC(=O)OC(C)(C)C. The van der Waals surface area contributed by atoms with Crippen molar-refractivity contribution in [2.75, 3.05) is 7.05 Å². The van der Waals surface area contributed by atoms with Crippen LogP contribution in [0.1, 0.15) is 66.7 Å². The second kappa shape index (κ2) is 10.1. The van der Waals surface area contributed by atoms with Crippen molar-refractivity contribution < 1.29 is 14.3 Å². The number of carbonyl (C=O) groups excluding carboxylic acids is 2. The van der Waals surface area contributed by atoms with Crippen LogP contribution in [-0.4, -0.2) is 41.7 Å². The molecule has 0 spiro atoms. The normalized spacial score (nSPS) is 17.5. The molecule has 3 N–H and O–H groups in total. The summed E-state index contributed by atoms with van der Waals surface area (Å²) in [4.78, 5) is 23.9. The molecule has 0 radical (unpaired) electrons. The van der Waals surface area contributed by atoms with Crippen LogP contribution in [0.2, 0.25) is 0 Å². The molecule has 0 saturated carbocycles. The van der Waals surface area contributed by atoms with Crippen LogP contribution in [0.5, 0.6) is 0 Å². The number of nitrogens with zero attached hydrogens (tertiary/aromatic N) is 1. The highest BCUT2D eigenvalue weighted by Crippen LogP contribution is 2.24. The zero-order valence-corrected chi connectivity index (χ0v) is 15.9. The lowest BCUT2D eigenvalue weighted by Gasteiger charge is -2.32. The van der Waals surface area contributed by atoms with E-state index in [1.165, 1.54) is 6.21 Å². The number of amides is 1. The molecule has 0 aromatic heterocycles. The van der Waals surface area contributed by atoms with E-state index in [-0.39, 0.29) is 23.5 Å². The molecule has 1 atom stereocenters. The fraction of sp³-hybridized carbons (Fsp3) is 0.722.